The second-order valence-electron chi connectivity index (χ2n) is 7.44. The summed E-state index contributed by atoms with van der Waals surface area (Å²) in [6.45, 7) is 0.562. The van der Waals surface area contributed by atoms with Crippen molar-refractivity contribution in [1.82, 2.24) is 9.29 Å². The van der Waals surface area contributed by atoms with Crippen molar-refractivity contribution in [2.75, 3.05) is 13.1 Å². The van der Waals surface area contributed by atoms with Gasteiger partial charge in [-0.05, 0) is 54.1 Å². The van der Waals surface area contributed by atoms with E-state index in [1.165, 1.54) is 34.9 Å². The molecule has 0 saturated carbocycles. The first-order valence-electron chi connectivity index (χ1n) is 9.84. The third-order valence-corrected chi connectivity index (χ3v) is 7.14. The van der Waals surface area contributed by atoms with Crippen LogP contribution in [0.3, 0.4) is 0 Å². The van der Waals surface area contributed by atoms with Crippen LogP contribution in [0.25, 0.3) is 10.8 Å². The zero-order valence-corrected chi connectivity index (χ0v) is 17.4. The average molecular weight is 444 g/mol. The van der Waals surface area contributed by atoms with Crippen LogP contribution in [-0.4, -0.2) is 48.0 Å². The van der Waals surface area contributed by atoms with Crippen LogP contribution >= 0.6 is 0 Å². The highest BCUT2D eigenvalue weighted by Crippen LogP contribution is 2.31. The predicted octanol–water partition coefficient (Wildman–Crippen LogP) is 3.23. The predicted molar refractivity (Wildman–Crippen MR) is 112 cm³/mol. The first-order chi connectivity index (χ1) is 14.8. The van der Waals surface area contributed by atoms with Gasteiger partial charge in [-0.15, -0.1) is 0 Å². The Hall–Kier alpha value is -3.04. The molecular formula is C22H21FN2O5S. The van der Waals surface area contributed by atoms with E-state index in [1.54, 1.807) is 24.3 Å². The molecule has 0 atom stereocenters. The van der Waals surface area contributed by atoms with Gasteiger partial charge >= 0.3 is 5.97 Å². The first kappa shape index (κ1) is 21.2. The number of halogens is 1. The van der Waals surface area contributed by atoms with E-state index in [-0.39, 0.29) is 30.5 Å². The summed E-state index contributed by atoms with van der Waals surface area (Å²) in [6, 6.07) is 10.7. The number of ether oxygens (including phenoxy) is 1. The molecule has 0 aliphatic carbocycles. The molecule has 1 fully saturated rings. The summed E-state index contributed by atoms with van der Waals surface area (Å²) in [5.74, 6) is -0.983. The van der Waals surface area contributed by atoms with Crippen molar-refractivity contribution in [1.29, 1.82) is 0 Å². The van der Waals surface area contributed by atoms with Gasteiger partial charge in [0.2, 0.25) is 10.0 Å². The maximum atomic E-state index is 13.8. The fourth-order valence-corrected chi connectivity index (χ4v) is 5.18. The Balaban J connectivity index is 1.53. The lowest BCUT2D eigenvalue weighted by Gasteiger charge is -2.31. The summed E-state index contributed by atoms with van der Waals surface area (Å²) in [5.41, 5.74) is 0.554. The van der Waals surface area contributed by atoms with Gasteiger partial charge in [-0.25, -0.2) is 12.8 Å². The summed E-state index contributed by atoms with van der Waals surface area (Å²) < 4.78 is 46.9. The molecule has 9 heteroatoms. The number of hydrogen-bond donors (Lipinski definition) is 1. The molecular weight excluding hydrogens is 423 g/mol. The Kier molecular flexibility index (Phi) is 5.88. The highest BCUT2D eigenvalue weighted by Gasteiger charge is 2.30. The highest BCUT2D eigenvalue weighted by atomic mass is 32.2. The van der Waals surface area contributed by atoms with E-state index in [0.717, 1.165) is 0 Å². The van der Waals surface area contributed by atoms with Gasteiger partial charge in [-0.2, -0.15) is 4.31 Å². The number of rotatable bonds is 6. The standard InChI is InChI=1S/C22H21FN2O5S/c23-17-4-3-16-10-15(12-22(26)27)11-21(20(16)13-17)30-18-5-8-25(9-6-18)31(28,29)19-2-1-7-24-14-19/h1-4,7,10-11,13-14,18H,5-6,8-9,12H2,(H,26,27). The van der Waals surface area contributed by atoms with E-state index in [4.69, 9.17) is 9.84 Å². The Morgan fingerprint density at radius 2 is 1.97 bits per heavy atom. The molecule has 1 N–H and O–H groups in total. The van der Waals surface area contributed by atoms with Gasteiger partial charge in [0.05, 0.1) is 6.42 Å². The normalized spacial score (nSPS) is 15.8. The quantitative estimate of drug-likeness (QED) is 0.627. The molecule has 0 bridgehead atoms. The van der Waals surface area contributed by atoms with Crippen LogP contribution in [0.15, 0.2) is 59.8 Å². The van der Waals surface area contributed by atoms with Crippen LogP contribution in [0.2, 0.25) is 0 Å². The van der Waals surface area contributed by atoms with E-state index < -0.39 is 21.8 Å². The van der Waals surface area contributed by atoms with E-state index in [1.807, 2.05) is 0 Å². The number of carboxylic acid groups (broad SMARTS) is 1. The third-order valence-electron chi connectivity index (χ3n) is 5.26. The van der Waals surface area contributed by atoms with Crippen LogP contribution in [0.1, 0.15) is 18.4 Å². The number of piperidine rings is 1. The summed E-state index contributed by atoms with van der Waals surface area (Å²) in [6.07, 6.45) is 3.31. The molecule has 162 valence electrons. The number of sulfonamides is 1. The number of aliphatic carboxylic acids is 1. The average Bonchev–Trinajstić information content (AvgIpc) is 2.75. The van der Waals surface area contributed by atoms with Crippen LogP contribution in [-0.2, 0) is 21.2 Å². The number of carboxylic acids is 1. The van der Waals surface area contributed by atoms with Crippen molar-refractivity contribution in [3.05, 3.63) is 66.2 Å². The zero-order chi connectivity index (χ0) is 22.0. The smallest absolute Gasteiger partial charge is 0.307 e. The lowest BCUT2D eigenvalue weighted by molar-refractivity contribution is -0.136. The molecule has 1 aliphatic rings. The lowest BCUT2D eigenvalue weighted by atomic mass is 10.0. The maximum Gasteiger partial charge on any atom is 0.307 e. The Bertz CT molecular complexity index is 1210. The summed E-state index contributed by atoms with van der Waals surface area (Å²) in [5, 5.41) is 10.4. The van der Waals surface area contributed by atoms with E-state index in [2.05, 4.69) is 4.98 Å². The minimum atomic E-state index is -3.62. The molecule has 1 saturated heterocycles. The second-order valence-corrected chi connectivity index (χ2v) is 9.38. The van der Waals surface area contributed by atoms with Crippen molar-refractivity contribution in [3.63, 3.8) is 0 Å². The van der Waals surface area contributed by atoms with Crippen LogP contribution in [0, 0.1) is 5.82 Å². The molecule has 2 heterocycles. The molecule has 31 heavy (non-hydrogen) atoms. The number of nitrogens with zero attached hydrogens (tertiary/aromatic N) is 2. The second kappa shape index (κ2) is 8.60. The number of carbonyl (C=O) groups is 1. The maximum absolute atomic E-state index is 13.8. The van der Waals surface area contributed by atoms with E-state index >= 15 is 0 Å². The van der Waals surface area contributed by atoms with Gasteiger partial charge in [0.25, 0.3) is 0 Å². The lowest BCUT2D eigenvalue weighted by Crippen LogP contribution is -2.41. The number of hydrogen-bond acceptors (Lipinski definition) is 5. The number of pyridine rings is 1. The van der Waals surface area contributed by atoms with Crippen LogP contribution < -0.4 is 4.74 Å². The molecule has 1 aromatic heterocycles. The topological polar surface area (TPSA) is 96.8 Å². The molecule has 0 amide bonds. The third kappa shape index (κ3) is 4.67. The largest absolute Gasteiger partial charge is 0.490 e. The monoisotopic (exact) mass is 444 g/mol. The zero-order valence-electron chi connectivity index (χ0n) is 16.6. The molecule has 7 nitrogen and oxygen atoms in total. The number of fused-ring (bicyclic) bond motifs is 1. The Morgan fingerprint density at radius 1 is 1.19 bits per heavy atom. The van der Waals surface area contributed by atoms with Gasteiger partial charge in [0, 0.05) is 30.9 Å². The van der Waals surface area contributed by atoms with E-state index in [0.29, 0.717) is 34.9 Å². The van der Waals surface area contributed by atoms with Gasteiger partial charge in [-0.1, -0.05) is 12.1 Å². The Labute approximate surface area is 179 Å². The summed E-state index contributed by atoms with van der Waals surface area (Å²) >= 11 is 0. The summed E-state index contributed by atoms with van der Waals surface area (Å²) in [4.78, 5) is 15.2. The van der Waals surface area contributed by atoms with Crippen molar-refractivity contribution in [3.8, 4) is 5.75 Å². The van der Waals surface area contributed by atoms with Crippen molar-refractivity contribution >= 4 is 26.8 Å². The molecule has 1 aliphatic heterocycles. The Morgan fingerprint density at radius 3 is 2.65 bits per heavy atom. The molecule has 0 unspecified atom stereocenters. The molecule has 4 rings (SSSR count). The van der Waals surface area contributed by atoms with Gasteiger partial charge < -0.3 is 9.84 Å². The van der Waals surface area contributed by atoms with Gasteiger partial charge in [0.15, 0.2) is 0 Å². The highest BCUT2D eigenvalue weighted by molar-refractivity contribution is 7.89. The van der Waals surface area contributed by atoms with Crippen LogP contribution in [0.5, 0.6) is 5.75 Å². The van der Waals surface area contributed by atoms with Gasteiger partial charge in [-0.3, -0.25) is 9.78 Å². The first-order valence-corrected chi connectivity index (χ1v) is 11.3. The van der Waals surface area contributed by atoms with Crippen molar-refractivity contribution in [2.24, 2.45) is 0 Å². The van der Waals surface area contributed by atoms with E-state index in [9.17, 15) is 17.6 Å². The summed E-state index contributed by atoms with van der Waals surface area (Å²) in [7, 11) is -3.62. The number of aromatic nitrogens is 1. The van der Waals surface area contributed by atoms with Gasteiger partial charge in [0.1, 0.15) is 22.6 Å². The fourth-order valence-electron chi connectivity index (χ4n) is 3.75. The molecule has 0 spiro atoms. The SMILES string of the molecule is O=C(O)Cc1cc(OC2CCN(S(=O)(=O)c3cccnc3)CC2)c2cc(F)ccc2c1. The van der Waals surface area contributed by atoms with Crippen molar-refractivity contribution < 1.29 is 27.4 Å². The minimum absolute atomic E-state index is 0.150. The molecule has 2 aromatic carbocycles. The molecule has 3 aromatic rings. The fraction of sp³-hybridized carbons (Fsp3) is 0.273. The minimum Gasteiger partial charge on any atom is -0.490 e. The van der Waals surface area contributed by atoms with Crippen LogP contribution in [0.4, 0.5) is 4.39 Å². The molecule has 0 radical (unpaired) electrons. The number of benzene rings is 2. The van der Waals surface area contributed by atoms with Crippen molar-refractivity contribution in [2.45, 2.75) is 30.3 Å².